The van der Waals surface area contributed by atoms with Crippen LogP contribution < -0.4 is 4.74 Å². The predicted octanol–water partition coefficient (Wildman–Crippen LogP) is 1.57. The van der Waals surface area contributed by atoms with E-state index in [1.54, 1.807) is 12.1 Å². The average molecular weight is 368 g/mol. The number of hydrogen-bond acceptors (Lipinski definition) is 5. The lowest BCUT2D eigenvalue weighted by molar-refractivity contribution is 0.0666. The van der Waals surface area contributed by atoms with Gasteiger partial charge in [0.15, 0.2) is 17.3 Å². The number of furan rings is 1. The van der Waals surface area contributed by atoms with Crippen LogP contribution in [0.15, 0.2) is 45.9 Å². The largest absolute Gasteiger partial charge is 0.494 e. The summed E-state index contributed by atoms with van der Waals surface area (Å²) in [5.74, 6) is -0.825. The summed E-state index contributed by atoms with van der Waals surface area (Å²) < 4.78 is 50.2. The van der Waals surface area contributed by atoms with Crippen LogP contribution in [-0.4, -0.2) is 56.8 Å². The Bertz CT molecular complexity index is 859. The van der Waals surface area contributed by atoms with E-state index in [0.29, 0.717) is 0 Å². The van der Waals surface area contributed by atoms with Gasteiger partial charge >= 0.3 is 0 Å². The van der Waals surface area contributed by atoms with Crippen LogP contribution in [0.1, 0.15) is 10.6 Å². The second kappa shape index (κ2) is 6.85. The third-order valence-corrected chi connectivity index (χ3v) is 5.91. The molecule has 0 bridgehead atoms. The number of nitrogens with zero attached hydrogens (tertiary/aromatic N) is 2. The number of ether oxygens (including phenoxy) is 1. The summed E-state index contributed by atoms with van der Waals surface area (Å²) in [6, 6.07) is 6.70. The van der Waals surface area contributed by atoms with Crippen LogP contribution in [-0.2, 0) is 10.0 Å². The molecule has 25 heavy (non-hydrogen) atoms. The fraction of sp³-hybridized carbons (Fsp3) is 0.312. The molecule has 1 amide bonds. The first-order valence-corrected chi connectivity index (χ1v) is 9.04. The number of methoxy groups -OCH3 is 1. The van der Waals surface area contributed by atoms with Gasteiger partial charge in [-0.3, -0.25) is 4.79 Å². The van der Waals surface area contributed by atoms with Crippen molar-refractivity contribution in [3.63, 3.8) is 0 Å². The van der Waals surface area contributed by atoms with Gasteiger partial charge in [-0.2, -0.15) is 4.31 Å². The minimum atomic E-state index is -3.84. The number of amides is 1. The number of piperazine rings is 1. The third kappa shape index (κ3) is 3.38. The molecule has 134 valence electrons. The van der Waals surface area contributed by atoms with Gasteiger partial charge in [-0.25, -0.2) is 12.8 Å². The Morgan fingerprint density at radius 3 is 2.48 bits per heavy atom. The van der Waals surface area contributed by atoms with Gasteiger partial charge in [0.05, 0.1) is 18.3 Å². The Morgan fingerprint density at radius 2 is 1.92 bits per heavy atom. The molecule has 0 atom stereocenters. The number of hydrogen-bond donors (Lipinski definition) is 0. The molecule has 1 aliphatic rings. The van der Waals surface area contributed by atoms with Crippen molar-refractivity contribution in [2.75, 3.05) is 33.3 Å². The van der Waals surface area contributed by atoms with Crippen molar-refractivity contribution in [1.29, 1.82) is 0 Å². The van der Waals surface area contributed by atoms with Crippen LogP contribution in [0.5, 0.6) is 5.75 Å². The predicted molar refractivity (Wildman–Crippen MR) is 86.3 cm³/mol. The zero-order chi connectivity index (χ0) is 18.0. The van der Waals surface area contributed by atoms with Crippen molar-refractivity contribution in [2.24, 2.45) is 0 Å². The van der Waals surface area contributed by atoms with E-state index in [0.717, 1.165) is 6.07 Å². The quantitative estimate of drug-likeness (QED) is 0.818. The molecular weight excluding hydrogens is 351 g/mol. The summed E-state index contributed by atoms with van der Waals surface area (Å²) in [6.07, 6.45) is 1.41. The molecule has 0 radical (unpaired) electrons. The molecule has 0 unspecified atom stereocenters. The number of rotatable bonds is 4. The molecule has 9 heteroatoms. The minimum absolute atomic E-state index is 0.0205. The third-order valence-electron chi connectivity index (χ3n) is 4.02. The zero-order valence-corrected chi connectivity index (χ0v) is 14.3. The summed E-state index contributed by atoms with van der Waals surface area (Å²) >= 11 is 0. The van der Waals surface area contributed by atoms with Crippen molar-refractivity contribution in [3.8, 4) is 5.75 Å². The standard InChI is InChI=1S/C16H17FN2O5S/c1-23-14-5-4-12(11-13(14)17)25(21,22)19-8-6-18(7-9-19)16(20)15-3-2-10-24-15/h2-5,10-11H,6-9H2,1H3. The summed E-state index contributed by atoms with van der Waals surface area (Å²) in [5.41, 5.74) is 0. The van der Waals surface area contributed by atoms with Crippen molar-refractivity contribution < 1.29 is 26.8 Å². The topological polar surface area (TPSA) is 80.1 Å². The van der Waals surface area contributed by atoms with E-state index in [9.17, 15) is 17.6 Å². The van der Waals surface area contributed by atoms with Gasteiger partial charge in [-0.15, -0.1) is 0 Å². The highest BCUT2D eigenvalue weighted by Gasteiger charge is 2.31. The second-order valence-electron chi connectivity index (χ2n) is 5.47. The maximum absolute atomic E-state index is 13.8. The van der Waals surface area contributed by atoms with E-state index in [1.165, 1.54) is 34.7 Å². The number of benzene rings is 1. The SMILES string of the molecule is COc1ccc(S(=O)(=O)N2CCN(C(=O)c3ccco3)CC2)cc1F. The molecule has 1 aliphatic heterocycles. The van der Waals surface area contributed by atoms with Crippen molar-refractivity contribution in [2.45, 2.75) is 4.90 Å². The van der Waals surface area contributed by atoms with Crippen LogP contribution in [0.3, 0.4) is 0 Å². The van der Waals surface area contributed by atoms with Crippen LogP contribution in [0.4, 0.5) is 4.39 Å². The molecule has 1 aromatic heterocycles. The molecule has 1 fully saturated rings. The van der Waals surface area contributed by atoms with Crippen molar-refractivity contribution in [3.05, 3.63) is 48.2 Å². The lowest BCUT2D eigenvalue weighted by Gasteiger charge is -2.33. The highest BCUT2D eigenvalue weighted by molar-refractivity contribution is 7.89. The van der Waals surface area contributed by atoms with Crippen LogP contribution in [0, 0.1) is 5.82 Å². The molecule has 2 aromatic rings. The fourth-order valence-electron chi connectivity index (χ4n) is 2.64. The highest BCUT2D eigenvalue weighted by atomic mass is 32.2. The molecule has 3 rings (SSSR count). The maximum Gasteiger partial charge on any atom is 0.289 e. The van der Waals surface area contributed by atoms with Crippen LogP contribution in [0.25, 0.3) is 0 Å². The summed E-state index contributed by atoms with van der Waals surface area (Å²) in [5, 5.41) is 0. The van der Waals surface area contributed by atoms with Gasteiger partial charge in [-0.1, -0.05) is 0 Å². The Morgan fingerprint density at radius 1 is 1.20 bits per heavy atom. The van der Waals surface area contributed by atoms with E-state index in [4.69, 9.17) is 9.15 Å². The first kappa shape index (κ1) is 17.4. The molecule has 2 heterocycles. The summed E-state index contributed by atoms with van der Waals surface area (Å²) in [4.78, 5) is 13.6. The summed E-state index contributed by atoms with van der Waals surface area (Å²) in [6.45, 7) is 0.722. The van der Waals surface area contributed by atoms with Gasteiger partial charge in [0.2, 0.25) is 10.0 Å². The normalized spacial score (nSPS) is 16.0. The maximum atomic E-state index is 13.8. The molecule has 1 saturated heterocycles. The monoisotopic (exact) mass is 368 g/mol. The van der Waals surface area contributed by atoms with Gasteiger partial charge in [-0.05, 0) is 30.3 Å². The highest BCUT2D eigenvalue weighted by Crippen LogP contribution is 2.24. The zero-order valence-electron chi connectivity index (χ0n) is 13.5. The first-order valence-electron chi connectivity index (χ1n) is 7.60. The van der Waals surface area contributed by atoms with E-state index in [1.807, 2.05) is 0 Å². The number of sulfonamides is 1. The number of halogens is 1. The summed E-state index contributed by atoms with van der Waals surface area (Å²) in [7, 11) is -2.53. The molecule has 0 saturated carbocycles. The fourth-order valence-corrected chi connectivity index (χ4v) is 4.08. The van der Waals surface area contributed by atoms with Crippen LogP contribution in [0.2, 0.25) is 0 Å². The lowest BCUT2D eigenvalue weighted by Crippen LogP contribution is -2.50. The molecule has 0 spiro atoms. The van der Waals surface area contributed by atoms with E-state index in [-0.39, 0.29) is 48.5 Å². The molecular formula is C16H17FN2O5S. The van der Waals surface area contributed by atoms with E-state index in [2.05, 4.69) is 0 Å². The average Bonchev–Trinajstić information content (AvgIpc) is 3.15. The molecule has 0 N–H and O–H groups in total. The van der Waals surface area contributed by atoms with Crippen molar-refractivity contribution in [1.82, 2.24) is 9.21 Å². The Hall–Kier alpha value is -2.39. The van der Waals surface area contributed by atoms with Gasteiger partial charge in [0.1, 0.15) is 0 Å². The van der Waals surface area contributed by atoms with Gasteiger partial charge in [0, 0.05) is 26.2 Å². The second-order valence-corrected chi connectivity index (χ2v) is 7.41. The molecule has 0 aliphatic carbocycles. The smallest absolute Gasteiger partial charge is 0.289 e. The molecule has 7 nitrogen and oxygen atoms in total. The first-order chi connectivity index (χ1) is 11.9. The Balaban J connectivity index is 1.71. The number of carbonyl (C=O) groups is 1. The Kier molecular flexibility index (Phi) is 4.78. The Labute approximate surface area is 144 Å². The molecule has 1 aromatic carbocycles. The lowest BCUT2D eigenvalue weighted by atomic mass is 10.3. The number of carbonyl (C=O) groups excluding carboxylic acids is 1. The van der Waals surface area contributed by atoms with E-state index >= 15 is 0 Å². The minimum Gasteiger partial charge on any atom is -0.494 e. The van der Waals surface area contributed by atoms with E-state index < -0.39 is 15.8 Å². The van der Waals surface area contributed by atoms with Crippen molar-refractivity contribution >= 4 is 15.9 Å². The van der Waals surface area contributed by atoms with Gasteiger partial charge < -0.3 is 14.1 Å². The van der Waals surface area contributed by atoms with Crippen LogP contribution >= 0.6 is 0 Å². The van der Waals surface area contributed by atoms with Gasteiger partial charge in [0.25, 0.3) is 5.91 Å².